The minimum Gasteiger partial charge on any atom is -0.382 e. The maximum absolute atomic E-state index is 14.4. The fraction of sp³-hybridized carbons (Fsp3) is 0.500. The van der Waals surface area contributed by atoms with Gasteiger partial charge in [-0.25, -0.2) is 4.39 Å². The molecule has 2 aromatic rings. The van der Waals surface area contributed by atoms with Crippen molar-refractivity contribution in [3.05, 3.63) is 40.1 Å². The van der Waals surface area contributed by atoms with Gasteiger partial charge < -0.3 is 15.4 Å². The Kier molecular flexibility index (Phi) is 3.26. The van der Waals surface area contributed by atoms with Crippen molar-refractivity contribution < 1.29 is 9.50 Å². The second-order valence-corrected chi connectivity index (χ2v) is 6.62. The summed E-state index contributed by atoms with van der Waals surface area (Å²) in [6.45, 7) is 1.88. The summed E-state index contributed by atoms with van der Waals surface area (Å²) in [5.74, 6) is -0.564. The lowest BCUT2D eigenvalue weighted by atomic mass is 9.93. The van der Waals surface area contributed by atoms with Crippen LogP contribution >= 0.6 is 0 Å². The predicted molar refractivity (Wildman–Crippen MR) is 83.5 cm³/mol. The molecular formula is C16H19FN4O2. The van der Waals surface area contributed by atoms with Gasteiger partial charge in [-0.15, -0.1) is 0 Å². The molecule has 1 atom stereocenters. The molecule has 1 fully saturated rings. The number of halogens is 1. The van der Waals surface area contributed by atoms with Crippen LogP contribution in [0.4, 0.5) is 4.39 Å². The van der Waals surface area contributed by atoms with Crippen LogP contribution in [-0.2, 0) is 12.1 Å². The molecule has 2 aliphatic rings. The van der Waals surface area contributed by atoms with Gasteiger partial charge in [-0.1, -0.05) is 0 Å². The van der Waals surface area contributed by atoms with Gasteiger partial charge in [0.15, 0.2) is 0 Å². The van der Waals surface area contributed by atoms with Crippen LogP contribution in [0, 0.1) is 5.82 Å². The molecule has 3 N–H and O–H groups in total. The van der Waals surface area contributed by atoms with Crippen LogP contribution in [0.1, 0.15) is 18.4 Å². The van der Waals surface area contributed by atoms with Gasteiger partial charge in [0, 0.05) is 18.7 Å². The van der Waals surface area contributed by atoms with Gasteiger partial charge in [-0.05, 0) is 32.0 Å². The van der Waals surface area contributed by atoms with E-state index in [4.69, 9.17) is 5.73 Å². The van der Waals surface area contributed by atoms with Crippen LogP contribution in [0.15, 0.2) is 23.1 Å². The van der Waals surface area contributed by atoms with Crippen LogP contribution in [0.3, 0.4) is 0 Å². The highest BCUT2D eigenvalue weighted by molar-refractivity contribution is 5.81. The van der Waals surface area contributed by atoms with E-state index in [1.54, 1.807) is 6.07 Å². The van der Waals surface area contributed by atoms with Crippen molar-refractivity contribution >= 4 is 11.0 Å². The summed E-state index contributed by atoms with van der Waals surface area (Å²) in [4.78, 5) is 18.2. The molecule has 2 aromatic heterocycles. The molecule has 0 unspecified atom stereocenters. The third kappa shape index (κ3) is 2.27. The summed E-state index contributed by atoms with van der Waals surface area (Å²) < 4.78 is 15.8. The van der Waals surface area contributed by atoms with E-state index in [1.807, 2.05) is 0 Å². The average molecular weight is 318 g/mol. The number of nitrogens with zero attached hydrogens (tertiary/aromatic N) is 3. The zero-order valence-corrected chi connectivity index (χ0v) is 12.7. The molecular weight excluding hydrogens is 299 g/mol. The molecule has 122 valence electrons. The molecule has 0 amide bonds. The molecule has 6 nitrogen and oxygen atoms in total. The van der Waals surface area contributed by atoms with Crippen LogP contribution in [0.5, 0.6) is 0 Å². The lowest BCUT2D eigenvalue weighted by Crippen LogP contribution is -2.47. The van der Waals surface area contributed by atoms with Crippen molar-refractivity contribution in [3.8, 4) is 0 Å². The largest absolute Gasteiger partial charge is 0.382 e. The van der Waals surface area contributed by atoms with Crippen molar-refractivity contribution in [1.82, 2.24) is 14.5 Å². The van der Waals surface area contributed by atoms with Gasteiger partial charge in [0.1, 0.15) is 11.4 Å². The second-order valence-electron chi connectivity index (χ2n) is 6.62. The molecule has 1 saturated heterocycles. The Balaban J connectivity index is 1.77. The highest BCUT2D eigenvalue weighted by Gasteiger charge is 2.43. The normalized spacial score (nSPS) is 25.3. The maximum Gasteiger partial charge on any atom is 0.251 e. The Labute approximate surface area is 132 Å². The van der Waals surface area contributed by atoms with Crippen LogP contribution in [0.25, 0.3) is 11.0 Å². The minimum absolute atomic E-state index is 0.0592. The number of nitrogens with two attached hydrogens (primary N) is 1. The summed E-state index contributed by atoms with van der Waals surface area (Å²) in [5.41, 5.74) is 5.37. The average Bonchev–Trinajstić information content (AvgIpc) is 2.83. The van der Waals surface area contributed by atoms with E-state index in [0.717, 1.165) is 32.1 Å². The van der Waals surface area contributed by atoms with E-state index in [2.05, 4.69) is 9.88 Å². The lowest BCUT2D eigenvalue weighted by Gasteiger charge is -2.35. The van der Waals surface area contributed by atoms with Crippen LogP contribution < -0.4 is 11.3 Å². The van der Waals surface area contributed by atoms with Gasteiger partial charge >= 0.3 is 0 Å². The van der Waals surface area contributed by atoms with Crippen LogP contribution in [-0.4, -0.2) is 45.2 Å². The molecule has 0 saturated carbocycles. The monoisotopic (exact) mass is 318 g/mol. The Morgan fingerprint density at radius 3 is 2.87 bits per heavy atom. The number of aliphatic hydroxyl groups is 1. The molecule has 0 aromatic carbocycles. The Morgan fingerprint density at radius 1 is 1.39 bits per heavy atom. The van der Waals surface area contributed by atoms with E-state index in [9.17, 15) is 14.3 Å². The number of β-amino-alcohol motifs (C(OH)–C–C–N with tert-alkyl or cyclic N) is 1. The molecule has 0 bridgehead atoms. The number of rotatable bonds is 2. The molecule has 23 heavy (non-hydrogen) atoms. The number of hydrogen-bond acceptors (Lipinski definition) is 5. The number of aromatic nitrogens is 2. The fourth-order valence-corrected chi connectivity index (χ4v) is 3.79. The van der Waals surface area contributed by atoms with E-state index in [-0.39, 0.29) is 30.3 Å². The van der Waals surface area contributed by atoms with Crippen molar-refractivity contribution in [1.29, 1.82) is 0 Å². The van der Waals surface area contributed by atoms with E-state index in [1.165, 1.54) is 10.6 Å². The molecule has 4 rings (SSSR count). The number of hydrogen-bond donors (Lipinski definition) is 2. The SMILES string of the molecule is NC1CCN(C[C@]2(O)Cn3c(=O)ccc4ncc(F)c2c43)CC1. The minimum atomic E-state index is -1.42. The standard InChI is InChI=1S/C16H19FN4O2/c17-11-7-19-12-1-2-13(22)21-9-16(23,14(11)15(12)21)8-20-5-3-10(18)4-6-20/h1-2,7,10,23H,3-6,8-9,18H2/t16-/m0/s1. The molecule has 0 aliphatic carbocycles. The third-order valence-electron chi connectivity index (χ3n) is 4.96. The number of likely N-dealkylation sites (tertiary alicyclic amines) is 1. The highest BCUT2D eigenvalue weighted by atomic mass is 19.1. The van der Waals surface area contributed by atoms with Gasteiger partial charge in [0.25, 0.3) is 5.56 Å². The Hall–Kier alpha value is -1.83. The zero-order chi connectivity index (χ0) is 16.2. The Morgan fingerprint density at radius 2 is 2.13 bits per heavy atom. The molecule has 2 aliphatic heterocycles. The lowest BCUT2D eigenvalue weighted by molar-refractivity contribution is -0.0150. The highest BCUT2D eigenvalue weighted by Crippen LogP contribution is 2.37. The number of pyridine rings is 2. The number of piperidine rings is 1. The zero-order valence-electron chi connectivity index (χ0n) is 12.7. The molecule has 0 spiro atoms. The molecule has 7 heteroatoms. The Bertz CT molecular complexity index is 829. The van der Waals surface area contributed by atoms with Gasteiger partial charge in [-0.3, -0.25) is 14.7 Å². The summed E-state index contributed by atoms with van der Waals surface area (Å²) in [6.07, 6.45) is 2.84. The molecule has 0 radical (unpaired) electrons. The first-order valence-electron chi connectivity index (χ1n) is 7.87. The fourth-order valence-electron chi connectivity index (χ4n) is 3.79. The van der Waals surface area contributed by atoms with Gasteiger partial charge in [0.05, 0.1) is 29.3 Å². The summed E-state index contributed by atoms with van der Waals surface area (Å²) in [5, 5.41) is 11.2. The maximum atomic E-state index is 14.4. The smallest absolute Gasteiger partial charge is 0.251 e. The molecule has 4 heterocycles. The predicted octanol–water partition coefficient (Wildman–Crippen LogP) is 0.160. The van der Waals surface area contributed by atoms with Crippen molar-refractivity contribution in [2.45, 2.75) is 31.0 Å². The van der Waals surface area contributed by atoms with E-state index >= 15 is 0 Å². The third-order valence-corrected chi connectivity index (χ3v) is 4.96. The summed E-state index contributed by atoms with van der Waals surface area (Å²) >= 11 is 0. The summed E-state index contributed by atoms with van der Waals surface area (Å²) in [7, 11) is 0. The first-order chi connectivity index (χ1) is 11.0. The topological polar surface area (TPSA) is 84.4 Å². The van der Waals surface area contributed by atoms with Crippen LogP contribution in [0.2, 0.25) is 0 Å². The first-order valence-corrected chi connectivity index (χ1v) is 7.87. The van der Waals surface area contributed by atoms with Gasteiger partial charge in [-0.2, -0.15) is 0 Å². The van der Waals surface area contributed by atoms with Crippen molar-refractivity contribution in [2.24, 2.45) is 5.73 Å². The van der Waals surface area contributed by atoms with E-state index < -0.39 is 11.4 Å². The summed E-state index contributed by atoms with van der Waals surface area (Å²) in [6, 6.07) is 3.17. The van der Waals surface area contributed by atoms with Gasteiger partial charge in [0.2, 0.25) is 0 Å². The quantitative estimate of drug-likeness (QED) is 0.824. The van der Waals surface area contributed by atoms with Crippen molar-refractivity contribution in [2.75, 3.05) is 19.6 Å². The first kappa shape index (κ1) is 14.7. The van der Waals surface area contributed by atoms with Crippen molar-refractivity contribution in [3.63, 3.8) is 0 Å². The van der Waals surface area contributed by atoms with E-state index in [0.29, 0.717) is 11.0 Å². The second kappa shape index (κ2) is 5.09.